The zero-order valence-electron chi connectivity index (χ0n) is 11.4. The maximum atomic E-state index is 12.0. The van der Waals surface area contributed by atoms with Crippen molar-refractivity contribution in [2.75, 3.05) is 26.2 Å². The lowest BCUT2D eigenvalue weighted by Gasteiger charge is -2.38. The molecule has 0 bridgehead atoms. The molecule has 0 saturated carbocycles. The van der Waals surface area contributed by atoms with E-state index in [1.807, 2.05) is 19.2 Å². The Morgan fingerprint density at radius 3 is 2.58 bits per heavy atom. The third-order valence-electron chi connectivity index (χ3n) is 3.45. The van der Waals surface area contributed by atoms with Gasteiger partial charge in [0.25, 0.3) is 0 Å². The van der Waals surface area contributed by atoms with Gasteiger partial charge in [0.15, 0.2) is 0 Å². The van der Waals surface area contributed by atoms with Gasteiger partial charge in [0.2, 0.25) is 0 Å². The first-order valence-electron chi connectivity index (χ1n) is 6.70. The molecule has 4 nitrogen and oxygen atoms in total. The van der Waals surface area contributed by atoms with Crippen LogP contribution in [-0.4, -0.2) is 49.3 Å². The van der Waals surface area contributed by atoms with Crippen LogP contribution in [0.2, 0.25) is 0 Å². The summed E-state index contributed by atoms with van der Waals surface area (Å²) in [5.74, 6) is 0.297. The van der Waals surface area contributed by atoms with Gasteiger partial charge in [-0.2, -0.15) is 13.2 Å². The zero-order chi connectivity index (χ0) is 14.5. The second-order valence-electron chi connectivity index (χ2n) is 4.84. The molecule has 112 valence electrons. The molecular weight excluding hydrogens is 259 g/mol. The van der Waals surface area contributed by atoms with Crippen LogP contribution in [0.1, 0.15) is 26.7 Å². The van der Waals surface area contributed by atoms with Crippen LogP contribution in [0.25, 0.3) is 0 Å². The molecule has 19 heavy (non-hydrogen) atoms. The average molecular weight is 281 g/mol. The third-order valence-corrected chi connectivity index (χ3v) is 3.45. The Hall–Kier alpha value is -0.980. The monoisotopic (exact) mass is 281 g/mol. The summed E-state index contributed by atoms with van der Waals surface area (Å²) in [4.78, 5) is 13.1. The minimum atomic E-state index is -4.36. The number of likely N-dealkylation sites (tertiary alicyclic amines) is 1. The van der Waals surface area contributed by atoms with Gasteiger partial charge in [-0.15, -0.1) is 0 Å². The minimum absolute atomic E-state index is 0.297. The number of hydrogen-bond donors (Lipinski definition) is 2. The van der Waals surface area contributed by atoms with E-state index in [2.05, 4.69) is 5.32 Å². The maximum absolute atomic E-state index is 12.0. The van der Waals surface area contributed by atoms with E-state index in [1.54, 1.807) is 0 Å². The normalized spacial score (nSPS) is 24.4. The molecule has 2 atom stereocenters. The number of carbonyl (C=O) groups is 1. The van der Waals surface area contributed by atoms with Crippen molar-refractivity contribution in [2.24, 2.45) is 5.92 Å². The first-order valence-corrected chi connectivity index (χ1v) is 6.70. The summed E-state index contributed by atoms with van der Waals surface area (Å²) in [5, 5.41) is 5.29. The number of alkyl halides is 3. The molecule has 1 fully saturated rings. The molecule has 7 heteroatoms. The number of nitrogens with one attached hydrogen (secondary N) is 2. The summed E-state index contributed by atoms with van der Waals surface area (Å²) < 4.78 is 36.1. The van der Waals surface area contributed by atoms with Crippen molar-refractivity contribution in [1.82, 2.24) is 15.5 Å². The molecule has 1 aliphatic heterocycles. The van der Waals surface area contributed by atoms with Crippen LogP contribution in [0.4, 0.5) is 18.0 Å². The van der Waals surface area contributed by atoms with E-state index >= 15 is 0 Å². The fourth-order valence-electron chi connectivity index (χ4n) is 2.45. The van der Waals surface area contributed by atoms with Crippen LogP contribution < -0.4 is 10.6 Å². The molecule has 1 aliphatic rings. The molecular formula is C12H22F3N3O. The topological polar surface area (TPSA) is 44.4 Å². The molecule has 2 amide bonds. The van der Waals surface area contributed by atoms with Crippen LogP contribution >= 0.6 is 0 Å². The van der Waals surface area contributed by atoms with Crippen LogP contribution in [-0.2, 0) is 0 Å². The fraction of sp³-hybridized carbons (Fsp3) is 0.917. The molecule has 2 unspecified atom stereocenters. The SMILES string of the molecule is CCNC1CCN(C(=O)NCC(F)(F)F)CC1CC. The van der Waals surface area contributed by atoms with Gasteiger partial charge in [0, 0.05) is 19.1 Å². The lowest BCUT2D eigenvalue weighted by Crippen LogP contribution is -2.54. The molecule has 1 rings (SSSR count). The zero-order valence-corrected chi connectivity index (χ0v) is 11.4. The Balaban J connectivity index is 2.46. The molecule has 0 aromatic rings. The number of rotatable bonds is 4. The molecule has 0 radical (unpaired) electrons. The van der Waals surface area contributed by atoms with Crippen molar-refractivity contribution in [3.8, 4) is 0 Å². The first kappa shape index (κ1) is 16.1. The van der Waals surface area contributed by atoms with Crippen molar-refractivity contribution < 1.29 is 18.0 Å². The third kappa shape index (κ3) is 5.26. The van der Waals surface area contributed by atoms with Gasteiger partial charge in [-0.3, -0.25) is 0 Å². The van der Waals surface area contributed by atoms with E-state index in [1.165, 1.54) is 4.90 Å². The van der Waals surface area contributed by atoms with Crippen molar-refractivity contribution in [3.63, 3.8) is 0 Å². The van der Waals surface area contributed by atoms with Gasteiger partial charge in [-0.1, -0.05) is 20.3 Å². The van der Waals surface area contributed by atoms with Crippen molar-refractivity contribution in [1.29, 1.82) is 0 Å². The van der Waals surface area contributed by atoms with Gasteiger partial charge in [0.05, 0.1) is 0 Å². The van der Waals surface area contributed by atoms with Crippen LogP contribution in [0.3, 0.4) is 0 Å². The maximum Gasteiger partial charge on any atom is 0.405 e. The summed E-state index contributed by atoms with van der Waals surface area (Å²) in [6, 6.07) is -0.271. The predicted molar refractivity (Wildman–Crippen MR) is 66.9 cm³/mol. The Bertz CT molecular complexity index is 296. The fourth-order valence-corrected chi connectivity index (χ4v) is 2.45. The van der Waals surface area contributed by atoms with Gasteiger partial charge in [-0.25, -0.2) is 4.79 Å². The van der Waals surface area contributed by atoms with Gasteiger partial charge in [0.1, 0.15) is 6.54 Å². The van der Waals surface area contributed by atoms with E-state index in [0.29, 0.717) is 25.0 Å². The van der Waals surface area contributed by atoms with Crippen molar-refractivity contribution >= 4 is 6.03 Å². The number of hydrogen-bond acceptors (Lipinski definition) is 2. The molecule has 0 aromatic carbocycles. The quantitative estimate of drug-likeness (QED) is 0.827. The Labute approximate surface area is 111 Å². The Morgan fingerprint density at radius 2 is 2.05 bits per heavy atom. The van der Waals surface area contributed by atoms with Gasteiger partial charge < -0.3 is 15.5 Å². The number of piperidine rings is 1. The molecule has 1 saturated heterocycles. The number of carbonyl (C=O) groups excluding carboxylic acids is 1. The summed E-state index contributed by atoms with van der Waals surface area (Å²) in [6.07, 6.45) is -2.67. The number of urea groups is 1. The molecule has 0 aromatic heterocycles. The Morgan fingerprint density at radius 1 is 1.37 bits per heavy atom. The van der Waals surface area contributed by atoms with E-state index < -0.39 is 18.8 Å². The van der Waals surface area contributed by atoms with E-state index in [9.17, 15) is 18.0 Å². The summed E-state index contributed by atoms with van der Waals surface area (Å²) in [6.45, 7) is 4.66. The van der Waals surface area contributed by atoms with E-state index in [0.717, 1.165) is 19.4 Å². The summed E-state index contributed by atoms with van der Waals surface area (Å²) in [5.41, 5.74) is 0. The second kappa shape index (κ2) is 6.98. The highest BCUT2D eigenvalue weighted by atomic mass is 19.4. The van der Waals surface area contributed by atoms with Gasteiger partial charge in [-0.05, 0) is 18.9 Å². The average Bonchev–Trinajstić information content (AvgIpc) is 2.36. The first-order chi connectivity index (χ1) is 8.87. The predicted octanol–water partition coefficient (Wildman–Crippen LogP) is 1.97. The number of halogens is 3. The molecule has 1 heterocycles. The summed E-state index contributed by atoms with van der Waals surface area (Å²) >= 11 is 0. The lowest BCUT2D eigenvalue weighted by molar-refractivity contribution is -0.123. The number of nitrogens with zero attached hydrogens (tertiary/aromatic N) is 1. The van der Waals surface area contributed by atoms with Crippen LogP contribution in [0.5, 0.6) is 0 Å². The van der Waals surface area contributed by atoms with E-state index in [-0.39, 0.29) is 0 Å². The van der Waals surface area contributed by atoms with Crippen molar-refractivity contribution in [2.45, 2.75) is 38.9 Å². The number of amides is 2. The molecule has 2 N–H and O–H groups in total. The second-order valence-corrected chi connectivity index (χ2v) is 4.84. The molecule has 0 aliphatic carbocycles. The highest BCUT2D eigenvalue weighted by Gasteiger charge is 2.32. The lowest BCUT2D eigenvalue weighted by atomic mass is 9.90. The smallest absolute Gasteiger partial charge is 0.329 e. The summed E-state index contributed by atoms with van der Waals surface area (Å²) in [7, 11) is 0. The van der Waals surface area contributed by atoms with Gasteiger partial charge >= 0.3 is 12.2 Å². The molecule has 0 spiro atoms. The highest BCUT2D eigenvalue weighted by Crippen LogP contribution is 2.20. The van der Waals surface area contributed by atoms with Crippen LogP contribution in [0, 0.1) is 5.92 Å². The minimum Gasteiger partial charge on any atom is -0.329 e. The van der Waals surface area contributed by atoms with E-state index in [4.69, 9.17) is 0 Å². The van der Waals surface area contributed by atoms with Crippen LogP contribution in [0.15, 0.2) is 0 Å². The standard InChI is InChI=1S/C12H22F3N3O/c1-3-9-7-18(6-5-10(9)16-4-2)11(19)17-8-12(13,14)15/h9-10,16H,3-8H2,1-2H3,(H,17,19). The highest BCUT2D eigenvalue weighted by molar-refractivity contribution is 5.74. The largest absolute Gasteiger partial charge is 0.405 e. The Kier molecular flexibility index (Phi) is 5.90. The van der Waals surface area contributed by atoms with Crippen molar-refractivity contribution in [3.05, 3.63) is 0 Å².